The van der Waals surface area contributed by atoms with Crippen molar-refractivity contribution in [3.63, 3.8) is 0 Å². The van der Waals surface area contributed by atoms with Crippen molar-refractivity contribution in [3.05, 3.63) is 41.3 Å². The normalized spacial score (nSPS) is 12.8. The molecule has 6 heteroatoms. The second kappa shape index (κ2) is 6.19. The van der Waals surface area contributed by atoms with Gasteiger partial charge in [-0.2, -0.15) is 4.39 Å². The number of pyridine rings is 1. The second-order valence-electron chi connectivity index (χ2n) is 4.66. The maximum absolute atomic E-state index is 14.0. The van der Waals surface area contributed by atoms with Crippen LogP contribution in [0.25, 0.3) is 10.9 Å². The van der Waals surface area contributed by atoms with E-state index >= 15 is 0 Å². The predicted octanol–water partition coefficient (Wildman–Crippen LogP) is 2.78. The number of nitrogens with zero attached hydrogens (tertiary/aromatic N) is 1. The van der Waals surface area contributed by atoms with Crippen molar-refractivity contribution in [3.8, 4) is 0 Å². The van der Waals surface area contributed by atoms with Crippen LogP contribution < -0.4 is 11.5 Å². The van der Waals surface area contributed by atoms with Crippen LogP contribution in [-0.2, 0) is 0 Å². The van der Waals surface area contributed by atoms with E-state index in [4.69, 9.17) is 11.5 Å². The van der Waals surface area contributed by atoms with Crippen molar-refractivity contribution < 1.29 is 13.2 Å². The van der Waals surface area contributed by atoms with Crippen molar-refractivity contribution in [2.24, 2.45) is 11.5 Å². The summed E-state index contributed by atoms with van der Waals surface area (Å²) in [5.41, 5.74) is 11.2. The highest BCUT2D eigenvalue weighted by atomic mass is 19.2. The molecule has 1 aromatic carbocycles. The van der Waals surface area contributed by atoms with E-state index in [-0.39, 0.29) is 16.5 Å². The van der Waals surface area contributed by atoms with Gasteiger partial charge in [-0.25, -0.2) is 13.8 Å². The Bertz CT molecular complexity index is 616. The monoisotopic (exact) mass is 283 g/mol. The molecule has 0 spiro atoms. The minimum Gasteiger partial charge on any atom is -0.330 e. The molecular formula is C14H16F3N3. The first-order chi connectivity index (χ1) is 9.56. The Kier molecular flexibility index (Phi) is 4.57. The zero-order valence-corrected chi connectivity index (χ0v) is 10.9. The number of rotatable bonds is 5. The van der Waals surface area contributed by atoms with Crippen LogP contribution in [0.2, 0.25) is 0 Å². The molecule has 108 valence electrons. The minimum atomic E-state index is -1.26. The number of unbranched alkanes of at least 4 members (excludes halogenated alkanes) is 1. The Hall–Kier alpha value is -1.66. The number of fused-ring (bicyclic) bond motifs is 1. The molecule has 1 unspecified atom stereocenters. The summed E-state index contributed by atoms with van der Waals surface area (Å²) < 4.78 is 41.4. The molecule has 0 saturated heterocycles. The highest BCUT2D eigenvalue weighted by molar-refractivity contribution is 5.83. The van der Waals surface area contributed by atoms with Crippen LogP contribution in [0, 0.1) is 17.6 Å². The summed E-state index contributed by atoms with van der Waals surface area (Å²) in [6.45, 7) is 0.495. The number of aromatic nitrogens is 1. The highest BCUT2D eigenvalue weighted by Gasteiger charge is 2.22. The van der Waals surface area contributed by atoms with Crippen LogP contribution >= 0.6 is 0 Å². The summed E-state index contributed by atoms with van der Waals surface area (Å²) in [6.07, 6.45) is 1.79. The first-order valence-corrected chi connectivity index (χ1v) is 6.45. The third-order valence-electron chi connectivity index (χ3n) is 3.24. The van der Waals surface area contributed by atoms with Crippen molar-refractivity contribution in [2.75, 3.05) is 6.54 Å². The first-order valence-electron chi connectivity index (χ1n) is 6.45. The molecule has 2 aromatic rings. The van der Waals surface area contributed by atoms with Gasteiger partial charge in [-0.1, -0.05) is 12.5 Å². The zero-order valence-electron chi connectivity index (χ0n) is 10.9. The lowest BCUT2D eigenvalue weighted by atomic mass is 9.97. The lowest BCUT2D eigenvalue weighted by Crippen LogP contribution is -2.15. The molecule has 1 atom stereocenters. The summed E-state index contributed by atoms with van der Waals surface area (Å²) in [4.78, 5) is 3.42. The van der Waals surface area contributed by atoms with Crippen molar-refractivity contribution >= 4 is 10.9 Å². The van der Waals surface area contributed by atoms with Gasteiger partial charge in [0, 0.05) is 17.0 Å². The summed E-state index contributed by atoms with van der Waals surface area (Å²) in [6, 6.07) is 3.21. The number of halogens is 3. The van der Waals surface area contributed by atoms with E-state index < -0.39 is 23.6 Å². The van der Waals surface area contributed by atoms with Gasteiger partial charge in [0.15, 0.2) is 5.82 Å². The molecule has 0 amide bonds. The molecule has 0 aliphatic heterocycles. The molecule has 0 aliphatic rings. The van der Waals surface area contributed by atoms with Gasteiger partial charge in [0.2, 0.25) is 5.95 Å². The molecule has 1 heterocycles. The number of hydrogen-bond donors (Lipinski definition) is 2. The SMILES string of the molecule is NCCCCC(N)c1c(F)c(F)nc2cccc(F)c12. The van der Waals surface area contributed by atoms with Gasteiger partial charge in [-0.05, 0) is 31.5 Å². The molecule has 20 heavy (non-hydrogen) atoms. The van der Waals surface area contributed by atoms with Crippen LogP contribution in [0.3, 0.4) is 0 Å². The Morgan fingerprint density at radius 3 is 2.60 bits per heavy atom. The van der Waals surface area contributed by atoms with Crippen LogP contribution in [0.15, 0.2) is 18.2 Å². The van der Waals surface area contributed by atoms with Crippen molar-refractivity contribution in [1.82, 2.24) is 4.98 Å². The molecular weight excluding hydrogens is 267 g/mol. The molecule has 0 fully saturated rings. The van der Waals surface area contributed by atoms with Crippen LogP contribution in [0.1, 0.15) is 30.9 Å². The molecule has 0 bridgehead atoms. The van der Waals surface area contributed by atoms with Crippen LogP contribution in [0.4, 0.5) is 13.2 Å². The molecule has 1 aromatic heterocycles. The Balaban J connectivity index is 2.52. The highest BCUT2D eigenvalue weighted by Crippen LogP contribution is 2.30. The van der Waals surface area contributed by atoms with E-state index in [1.165, 1.54) is 18.2 Å². The summed E-state index contributed by atoms with van der Waals surface area (Å²) in [5.74, 6) is -3.09. The molecule has 2 rings (SSSR count). The van der Waals surface area contributed by atoms with Crippen molar-refractivity contribution in [1.29, 1.82) is 0 Å². The second-order valence-corrected chi connectivity index (χ2v) is 4.66. The maximum Gasteiger partial charge on any atom is 0.249 e. The Morgan fingerprint density at radius 2 is 1.90 bits per heavy atom. The molecule has 4 N–H and O–H groups in total. The third kappa shape index (κ3) is 2.76. The average molecular weight is 283 g/mol. The average Bonchev–Trinajstić information content (AvgIpc) is 2.41. The lowest BCUT2D eigenvalue weighted by molar-refractivity contribution is 0.460. The van der Waals surface area contributed by atoms with Gasteiger partial charge in [0.05, 0.1) is 5.52 Å². The van der Waals surface area contributed by atoms with Crippen LogP contribution in [0.5, 0.6) is 0 Å². The largest absolute Gasteiger partial charge is 0.330 e. The van der Waals surface area contributed by atoms with Gasteiger partial charge in [0.1, 0.15) is 5.82 Å². The fourth-order valence-electron chi connectivity index (χ4n) is 2.25. The zero-order chi connectivity index (χ0) is 14.7. The Morgan fingerprint density at radius 1 is 1.15 bits per heavy atom. The Labute approximate surface area is 114 Å². The van der Waals surface area contributed by atoms with E-state index in [2.05, 4.69) is 4.98 Å². The fourth-order valence-corrected chi connectivity index (χ4v) is 2.25. The molecule has 0 aliphatic carbocycles. The van der Waals surface area contributed by atoms with E-state index in [1.807, 2.05) is 0 Å². The topological polar surface area (TPSA) is 64.9 Å². The number of benzene rings is 1. The van der Waals surface area contributed by atoms with Gasteiger partial charge in [-0.3, -0.25) is 0 Å². The van der Waals surface area contributed by atoms with Gasteiger partial charge in [-0.15, -0.1) is 0 Å². The van der Waals surface area contributed by atoms with Crippen molar-refractivity contribution in [2.45, 2.75) is 25.3 Å². The molecule has 0 saturated carbocycles. The first kappa shape index (κ1) is 14.7. The predicted molar refractivity (Wildman–Crippen MR) is 71.5 cm³/mol. The standard InChI is InChI=1S/C14H16F3N3/c15-8-4-3-6-10-11(8)12(13(16)14(17)20-10)9(19)5-1-2-7-18/h3-4,6,9H,1-2,5,7,18-19H2. The fraction of sp³-hybridized carbons (Fsp3) is 0.357. The smallest absolute Gasteiger partial charge is 0.249 e. The summed E-state index contributed by atoms with van der Waals surface area (Å²) in [5, 5.41) is -0.0494. The number of nitrogens with two attached hydrogens (primary N) is 2. The van der Waals surface area contributed by atoms with E-state index in [0.717, 1.165) is 6.42 Å². The molecule has 0 radical (unpaired) electrons. The van der Waals surface area contributed by atoms with Crippen LogP contribution in [-0.4, -0.2) is 11.5 Å². The van der Waals surface area contributed by atoms with Gasteiger partial charge >= 0.3 is 0 Å². The quantitative estimate of drug-likeness (QED) is 0.655. The van der Waals surface area contributed by atoms with E-state index in [0.29, 0.717) is 19.4 Å². The van der Waals surface area contributed by atoms with E-state index in [9.17, 15) is 13.2 Å². The van der Waals surface area contributed by atoms with Gasteiger partial charge < -0.3 is 11.5 Å². The molecule has 3 nitrogen and oxygen atoms in total. The summed E-state index contributed by atoms with van der Waals surface area (Å²) >= 11 is 0. The van der Waals surface area contributed by atoms with Gasteiger partial charge in [0.25, 0.3) is 0 Å². The minimum absolute atomic E-state index is 0.0494. The maximum atomic E-state index is 14.0. The lowest BCUT2D eigenvalue weighted by Gasteiger charge is -2.16. The third-order valence-corrected chi connectivity index (χ3v) is 3.24. The van der Waals surface area contributed by atoms with E-state index in [1.54, 1.807) is 0 Å². The summed E-state index contributed by atoms with van der Waals surface area (Å²) in [7, 11) is 0. The number of hydrogen-bond acceptors (Lipinski definition) is 3.